The molecule has 0 saturated heterocycles. The van der Waals surface area contributed by atoms with Gasteiger partial charge in [0.15, 0.2) is 0 Å². The zero-order chi connectivity index (χ0) is 19.8. The summed E-state index contributed by atoms with van der Waals surface area (Å²) in [6.45, 7) is 0.305. The van der Waals surface area contributed by atoms with Crippen LogP contribution in [-0.4, -0.2) is 22.5 Å². The van der Waals surface area contributed by atoms with Gasteiger partial charge in [-0.1, -0.05) is 34.8 Å². The van der Waals surface area contributed by atoms with Crippen LogP contribution in [0.1, 0.15) is 15.9 Å². The third-order valence-corrected chi connectivity index (χ3v) is 4.77. The number of hydrogen-bond donors (Lipinski definition) is 1. The van der Waals surface area contributed by atoms with Crippen LogP contribution in [0.5, 0.6) is 0 Å². The Bertz CT molecular complexity index is 1280. The van der Waals surface area contributed by atoms with E-state index in [1.165, 1.54) is 17.6 Å². The van der Waals surface area contributed by atoms with E-state index in [2.05, 4.69) is 4.98 Å². The van der Waals surface area contributed by atoms with Crippen LogP contribution in [0.4, 0.5) is 5.82 Å². The standard InChI is InChI=1S/C20H15ClN4O3/c1-28-20(27)14-10-15-18(23-16-4-2-3-9-24(16)19(15)26)25(17(14)22)11-12-5-7-13(21)8-6-12/h2-10,22H,11H2,1H3/p+1. The molecule has 3 aromatic heterocycles. The van der Waals surface area contributed by atoms with Crippen molar-refractivity contribution < 1.29 is 14.1 Å². The second kappa shape index (κ2) is 6.94. The van der Waals surface area contributed by atoms with Crippen LogP contribution in [0, 0.1) is 0 Å². The predicted octanol–water partition coefficient (Wildman–Crippen LogP) is 2.21. The second-order valence-electron chi connectivity index (χ2n) is 6.23. The predicted molar refractivity (Wildman–Crippen MR) is 105 cm³/mol. The lowest BCUT2D eigenvalue weighted by molar-refractivity contribution is -0.649. The number of anilines is 1. The first-order valence-electron chi connectivity index (χ1n) is 8.46. The molecule has 4 rings (SSSR count). The summed E-state index contributed by atoms with van der Waals surface area (Å²) in [4.78, 5) is 29.9. The third-order valence-electron chi connectivity index (χ3n) is 4.52. The van der Waals surface area contributed by atoms with E-state index >= 15 is 0 Å². The molecule has 0 unspecified atom stereocenters. The van der Waals surface area contributed by atoms with Crippen molar-refractivity contribution in [2.24, 2.45) is 0 Å². The molecule has 7 nitrogen and oxygen atoms in total. The monoisotopic (exact) mass is 395 g/mol. The Labute approximate surface area is 164 Å². The van der Waals surface area contributed by atoms with Gasteiger partial charge in [-0.2, -0.15) is 0 Å². The van der Waals surface area contributed by atoms with E-state index in [0.717, 1.165) is 5.56 Å². The number of aromatic nitrogens is 3. The molecular weight excluding hydrogens is 380 g/mol. The Morgan fingerprint density at radius 3 is 2.71 bits per heavy atom. The number of carbonyl (C=O) groups is 1. The van der Waals surface area contributed by atoms with E-state index in [4.69, 9.17) is 22.1 Å². The maximum atomic E-state index is 13.0. The average molecular weight is 396 g/mol. The Kier molecular flexibility index (Phi) is 4.44. The molecule has 0 bridgehead atoms. The largest absolute Gasteiger partial charge is 0.465 e. The van der Waals surface area contributed by atoms with Crippen LogP contribution in [0.2, 0.25) is 5.02 Å². The molecule has 0 aliphatic heterocycles. The normalized spacial score (nSPS) is 11.1. The lowest BCUT2D eigenvalue weighted by atomic mass is 10.1. The van der Waals surface area contributed by atoms with Crippen LogP contribution < -0.4 is 15.9 Å². The van der Waals surface area contributed by atoms with Gasteiger partial charge in [-0.15, -0.1) is 0 Å². The summed E-state index contributed by atoms with van der Waals surface area (Å²) in [5, 5.41) is 0.879. The van der Waals surface area contributed by atoms with Gasteiger partial charge in [0.25, 0.3) is 11.2 Å². The molecule has 8 heteroatoms. The van der Waals surface area contributed by atoms with Crippen molar-refractivity contribution in [2.45, 2.75) is 6.54 Å². The summed E-state index contributed by atoms with van der Waals surface area (Å²) in [6, 6.07) is 13.9. The van der Waals surface area contributed by atoms with Gasteiger partial charge in [0, 0.05) is 11.2 Å². The highest BCUT2D eigenvalue weighted by Gasteiger charge is 2.24. The molecule has 3 heterocycles. The summed E-state index contributed by atoms with van der Waals surface area (Å²) in [7, 11) is 1.26. The van der Waals surface area contributed by atoms with Gasteiger partial charge < -0.3 is 10.5 Å². The Hall–Kier alpha value is -3.45. The molecule has 0 fully saturated rings. The van der Waals surface area contributed by atoms with Gasteiger partial charge in [-0.05, 0) is 35.9 Å². The smallest absolute Gasteiger partial charge is 0.344 e. The van der Waals surface area contributed by atoms with Crippen molar-refractivity contribution in [1.29, 1.82) is 0 Å². The summed E-state index contributed by atoms with van der Waals surface area (Å²) in [6.07, 6.45) is 1.63. The molecular formula is C20H16ClN4O3+. The van der Waals surface area contributed by atoms with Gasteiger partial charge in [0.2, 0.25) is 11.5 Å². The van der Waals surface area contributed by atoms with Crippen molar-refractivity contribution in [3.8, 4) is 0 Å². The van der Waals surface area contributed by atoms with Crippen LogP contribution in [-0.2, 0) is 11.3 Å². The van der Waals surface area contributed by atoms with E-state index in [0.29, 0.717) is 22.9 Å². The van der Waals surface area contributed by atoms with Crippen molar-refractivity contribution in [3.05, 3.63) is 81.2 Å². The number of fused-ring (bicyclic) bond motifs is 2. The van der Waals surface area contributed by atoms with Crippen molar-refractivity contribution in [1.82, 2.24) is 9.38 Å². The van der Waals surface area contributed by atoms with Crippen LogP contribution in [0.25, 0.3) is 16.7 Å². The maximum Gasteiger partial charge on any atom is 0.344 e. The molecule has 28 heavy (non-hydrogen) atoms. The molecule has 0 amide bonds. The van der Waals surface area contributed by atoms with Gasteiger partial charge >= 0.3 is 5.97 Å². The summed E-state index contributed by atoms with van der Waals surface area (Å²) >= 11 is 5.96. The van der Waals surface area contributed by atoms with E-state index in [1.54, 1.807) is 41.1 Å². The number of esters is 1. The summed E-state index contributed by atoms with van der Waals surface area (Å²) in [5.41, 5.74) is 7.85. The first-order chi connectivity index (χ1) is 13.5. The van der Waals surface area contributed by atoms with Gasteiger partial charge in [0.05, 0.1) is 13.7 Å². The van der Waals surface area contributed by atoms with Crippen LogP contribution >= 0.6 is 11.6 Å². The van der Waals surface area contributed by atoms with E-state index in [-0.39, 0.29) is 22.3 Å². The molecule has 2 N–H and O–H groups in total. The lowest BCUT2D eigenvalue weighted by Gasteiger charge is -2.11. The van der Waals surface area contributed by atoms with Crippen molar-refractivity contribution >= 4 is 40.1 Å². The number of carbonyl (C=O) groups excluding carboxylic acids is 1. The Balaban J connectivity index is 2.06. The number of hydrogen-bond acceptors (Lipinski definition) is 5. The number of halogens is 1. The van der Waals surface area contributed by atoms with Crippen molar-refractivity contribution in [2.75, 3.05) is 12.8 Å². The number of nitrogen functional groups attached to an aromatic ring is 1. The number of pyridine rings is 2. The Morgan fingerprint density at radius 2 is 2.00 bits per heavy atom. The number of nitrogens with two attached hydrogens (primary N) is 1. The molecule has 0 aliphatic carbocycles. The van der Waals surface area contributed by atoms with E-state index < -0.39 is 5.97 Å². The fourth-order valence-corrected chi connectivity index (χ4v) is 3.23. The highest BCUT2D eigenvalue weighted by Crippen LogP contribution is 2.17. The van der Waals surface area contributed by atoms with E-state index in [1.807, 2.05) is 12.1 Å². The minimum Gasteiger partial charge on any atom is -0.465 e. The fraction of sp³-hybridized carbons (Fsp3) is 0.100. The molecule has 0 aliphatic rings. The highest BCUT2D eigenvalue weighted by molar-refractivity contribution is 6.30. The summed E-state index contributed by atoms with van der Waals surface area (Å²) < 4.78 is 7.90. The molecule has 1 aromatic carbocycles. The van der Waals surface area contributed by atoms with Crippen molar-refractivity contribution in [3.63, 3.8) is 0 Å². The first kappa shape index (κ1) is 17.9. The first-order valence-corrected chi connectivity index (χ1v) is 8.83. The van der Waals surface area contributed by atoms with Gasteiger partial charge in [0.1, 0.15) is 10.9 Å². The van der Waals surface area contributed by atoms with Crippen LogP contribution in [0.3, 0.4) is 0 Å². The lowest BCUT2D eigenvalue weighted by Crippen LogP contribution is -2.42. The Morgan fingerprint density at radius 1 is 1.25 bits per heavy atom. The van der Waals surface area contributed by atoms with Crippen LogP contribution in [0.15, 0.2) is 59.5 Å². The zero-order valence-corrected chi connectivity index (χ0v) is 15.7. The number of rotatable bonds is 3. The maximum absolute atomic E-state index is 13.0. The van der Waals surface area contributed by atoms with Gasteiger partial charge in [-0.25, -0.2) is 9.36 Å². The zero-order valence-electron chi connectivity index (χ0n) is 14.9. The minimum absolute atomic E-state index is 0.110. The van der Waals surface area contributed by atoms with Gasteiger partial charge in [-0.3, -0.25) is 9.20 Å². The summed E-state index contributed by atoms with van der Waals surface area (Å²) in [5.74, 6) is -0.455. The third kappa shape index (κ3) is 2.95. The molecule has 0 radical (unpaired) electrons. The second-order valence-corrected chi connectivity index (χ2v) is 6.67. The molecule has 140 valence electrons. The molecule has 0 atom stereocenters. The highest BCUT2D eigenvalue weighted by atomic mass is 35.5. The quantitative estimate of drug-likeness (QED) is 0.326. The average Bonchev–Trinajstić information content (AvgIpc) is 2.71. The molecule has 0 spiro atoms. The number of ether oxygens (including phenoxy) is 1. The number of benzene rings is 1. The SMILES string of the molecule is COC(=O)c1cc2c(=O)n3ccccc3nc2[n+](Cc2ccc(Cl)cc2)c1N. The minimum atomic E-state index is -0.623. The fourth-order valence-electron chi connectivity index (χ4n) is 3.11. The topological polar surface area (TPSA) is 90.6 Å². The van der Waals surface area contributed by atoms with E-state index in [9.17, 15) is 9.59 Å². The molecule has 0 saturated carbocycles. The number of methoxy groups -OCH3 is 1. The molecule has 4 aromatic rings. The number of nitrogens with zero attached hydrogens (tertiary/aromatic N) is 3.